The molecule has 0 bridgehead atoms. The van der Waals surface area contributed by atoms with Crippen molar-refractivity contribution in [2.24, 2.45) is 28.2 Å². The molecule has 6 rings (SSSR count). The van der Waals surface area contributed by atoms with E-state index in [0.29, 0.717) is 36.2 Å². The second-order valence-corrected chi connectivity index (χ2v) is 15.3. The van der Waals surface area contributed by atoms with Gasteiger partial charge in [-0.05, 0) is 93.9 Å². The molecule has 0 aromatic heterocycles. The van der Waals surface area contributed by atoms with Crippen LogP contribution in [0, 0.1) is 35.2 Å². The Labute approximate surface area is 288 Å². The number of hydrogen-bond acceptors (Lipinski definition) is 7. The molecule has 8 nitrogen and oxygen atoms in total. The predicted octanol–water partition coefficient (Wildman–Crippen LogP) is 5.72. The molecular formula is C40H60N3O5+. The number of aliphatic hydroxyl groups is 4. The van der Waals surface area contributed by atoms with Gasteiger partial charge in [0.2, 0.25) is 0 Å². The van der Waals surface area contributed by atoms with Crippen molar-refractivity contribution in [3.63, 3.8) is 0 Å². The average molecular weight is 663 g/mol. The highest BCUT2D eigenvalue weighted by Gasteiger charge is 2.58. The third-order valence-corrected chi connectivity index (χ3v) is 12.0. The number of aliphatic hydroxyl groups excluding tert-OH is 2. The first-order valence-corrected chi connectivity index (χ1v) is 18.9. The van der Waals surface area contributed by atoms with Crippen LogP contribution in [0.1, 0.15) is 96.5 Å². The van der Waals surface area contributed by atoms with E-state index in [1.165, 1.54) is 56.6 Å². The number of phenolic OH excluding ortho intramolecular Hbond substituents is 1. The van der Waals surface area contributed by atoms with Crippen LogP contribution < -0.4 is 15.4 Å². The number of rotatable bonds is 16. The van der Waals surface area contributed by atoms with E-state index in [-0.39, 0.29) is 30.6 Å². The number of hydrogen-bond donors (Lipinski definition) is 5. The standard InChI is InChI=1S/C40H59N3O5/c1-4-5-11-38-28(24-44)19-29(48-38)14-12-27-13-15-37(46)39(18-27)47-25-36(41-3)34-20-31-32(23-42-22-26(2)45)30-9-8-10-33(30)40(16-6-7-17-40)21-35(31)43-34/h13,15,18-20,26,30,32-33,36,38,41-42,44-45,48H,4-12,14,16-17,21-25H2,1-3H3/p+1. The summed E-state index contributed by atoms with van der Waals surface area (Å²) >= 11 is 0. The van der Waals surface area contributed by atoms with Gasteiger partial charge >= 0.3 is 0 Å². The maximum absolute atomic E-state index is 10.7. The maximum Gasteiger partial charge on any atom is 0.196 e. The Morgan fingerprint density at radius 1 is 1.21 bits per heavy atom. The number of unbranched alkanes of at least 4 members (excludes halogenated alkanes) is 1. The van der Waals surface area contributed by atoms with Crippen molar-refractivity contribution in [1.29, 1.82) is 0 Å². The monoisotopic (exact) mass is 662 g/mol. The second-order valence-electron chi connectivity index (χ2n) is 15.3. The number of allylic oxidation sites excluding steroid dienone is 1. The van der Waals surface area contributed by atoms with Gasteiger partial charge in [0.15, 0.2) is 23.2 Å². The fraction of sp³-hybridized carbons (Fsp3) is 0.675. The van der Waals surface area contributed by atoms with Crippen molar-refractivity contribution in [2.75, 3.05) is 33.4 Å². The summed E-state index contributed by atoms with van der Waals surface area (Å²) in [7, 11) is 1.96. The summed E-state index contributed by atoms with van der Waals surface area (Å²) in [5, 5.41) is 37.6. The quantitative estimate of drug-likeness (QED) is 0.114. The first-order valence-electron chi connectivity index (χ1n) is 18.9. The third kappa shape index (κ3) is 7.78. The van der Waals surface area contributed by atoms with E-state index < -0.39 is 0 Å². The summed E-state index contributed by atoms with van der Waals surface area (Å²) in [6.45, 7) is 5.95. The molecule has 0 amide bonds. The van der Waals surface area contributed by atoms with Gasteiger partial charge in [-0.1, -0.05) is 38.7 Å². The van der Waals surface area contributed by atoms with Gasteiger partial charge < -0.3 is 30.1 Å². The van der Waals surface area contributed by atoms with E-state index in [4.69, 9.17) is 14.5 Å². The maximum atomic E-state index is 10.7. The van der Waals surface area contributed by atoms with E-state index >= 15 is 0 Å². The van der Waals surface area contributed by atoms with E-state index in [2.05, 4.69) is 29.7 Å². The van der Waals surface area contributed by atoms with E-state index in [9.17, 15) is 15.3 Å². The lowest BCUT2D eigenvalue weighted by Gasteiger charge is -2.37. The SMILES string of the molecule is CCCCC1[OH+][C-](CCc2ccc(O)c(OCC(NC)C3=C[C+]4C(=N3)CC3(CCCC3)C3CCCC3C4CNCC(C)O)c2)C=C1CO. The minimum absolute atomic E-state index is 0.0644. The Morgan fingerprint density at radius 3 is 2.79 bits per heavy atom. The van der Waals surface area contributed by atoms with E-state index in [1.54, 1.807) is 6.07 Å². The minimum Gasteiger partial charge on any atom is -0.504 e. The zero-order chi connectivity index (χ0) is 33.7. The molecule has 3 aliphatic carbocycles. The zero-order valence-corrected chi connectivity index (χ0v) is 29.5. The highest BCUT2D eigenvalue weighted by Crippen LogP contribution is 2.61. The largest absolute Gasteiger partial charge is 0.504 e. The molecule has 1 aromatic carbocycles. The van der Waals surface area contributed by atoms with E-state index in [1.807, 2.05) is 26.1 Å². The Hall–Kier alpha value is -2.49. The topological polar surface area (TPSA) is 119 Å². The fourth-order valence-electron chi connectivity index (χ4n) is 9.56. The molecular weight excluding hydrogens is 602 g/mol. The Balaban J connectivity index is 1.13. The summed E-state index contributed by atoms with van der Waals surface area (Å²) in [5.74, 6) is 3.86. The first-order chi connectivity index (χ1) is 23.3. The molecule has 1 aromatic rings. The number of aromatic hydroxyl groups is 1. The molecule has 6 unspecified atom stereocenters. The van der Waals surface area contributed by atoms with Crippen molar-refractivity contribution in [1.82, 2.24) is 10.6 Å². The lowest BCUT2D eigenvalue weighted by molar-refractivity contribution is -0.0550. The molecule has 48 heavy (non-hydrogen) atoms. The van der Waals surface area contributed by atoms with Crippen LogP contribution in [0.2, 0.25) is 0 Å². The van der Waals surface area contributed by atoms with Crippen molar-refractivity contribution in [3.8, 4) is 11.5 Å². The molecule has 264 valence electrons. The van der Waals surface area contributed by atoms with Gasteiger partial charge in [0.25, 0.3) is 0 Å². The van der Waals surface area contributed by atoms with Crippen LogP contribution in [0.4, 0.5) is 0 Å². The molecule has 0 radical (unpaired) electrons. The number of ether oxygens (including phenoxy) is 2. The number of aliphatic imine (C=N–C) groups is 1. The molecule has 6 N–H and O–H groups in total. The molecule has 8 heteroatoms. The van der Waals surface area contributed by atoms with Crippen LogP contribution >= 0.6 is 0 Å². The number of likely N-dealkylation sites (N-methyl/N-ethyl adjacent to an activating group) is 1. The summed E-state index contributed by atoms with van der Waals surface area (Å²) in [5.41, 5.74) is 4.78. The van der Waals surface area contributed by atoms with Gasteiger partial charge in [-0.15, -0.1) is 16.6 Å². The molecule has 3 fully saturated rings. The third-order valence-electron chi connectivity index (χ3n) is 12.0. The van der Waals surface area contributed by atoms with Gasteiger partial charge in [0.05, 0.1) is 18.1 Å². The van der Waals surface area contributed by atoms with Crippen molar-refractivity contribution in [2.45, 2.75) is 116 Å². The van der Waals surface area contributed by atoms with Crippen LogP contribution in [-0.2, 0) is 6.42 Å². The lowest BCUT2D eigenvalue weighted by Crippen LogP contribution is -2.38. The van der Waals surface area contributed by atoms with Gasteiger partial charge in [0.1, 0.15) is 30.4 Å². The van der Waals surface area contributed by atoms with Gasteiger partial charge in [-0.2, -0.15) is 0 Å². The van der Waals surface area contributed by atoms with Crippen molar-refractivity contribution < 1.29 is 24.8 Å². The van der Waals surface area contributed by atoms with Gasteiger partial charge in [0, 0.05) is 32.5 Å². The Morgan fingerprint density at radius 2 is 2.04 bits per heavy atom. The number of nitrogens with zero attached hydrogens (tertiary/aromatic N) is 1. The van der Waals surface area contributed by atoms with Crippen LogP contribution in [0.5, 0.6) is 11.5 Å². The van der Waals surface area contributed by atoms with Crippen LogP contribution in [0.25, 0.3) is 0 Å². The van der Waals surface area contributed by atoms with Crippen LogP contribution in [0.15, 0.2) is 46.6 Å². The summed E-state index contributed by atoms with van der Waals surface area (Å²) < 4.78 is 11.2. The fourth-order valence-corrected chi connectivity index (χ4v) is 9.56. The van der Waals surface area contributed by atoms with Crippen LogP contribution in [0.3, 0.4) is 0 Å². The molecule has 2 heterocycles. The summed E-state index contributed by atoms with van der Waals surface area (Å²) in [6.07, 6.45) is 20.3. The highest BCUT2D eigenvalue weighted by atomic mass is 16.5. The van der Waals surface area contributed by atoms with Crippen molar-refractivity contribution in [3.05, 3.63) is 59.2 Å². The van der Waals surface area contributed by atoms with Crippen molar-refractivity contribution >= 4 is 5.71 Å². The summed E-state index contributed by atoms with van der Waals surface area (Å²) in [4.78, 5) is 5.37. The van der Waals surface area contributed by atoms with E-state index in [0.717, 1.165) is 73.9 Å². The molecule has 2 aliphatic heterocycles. The lowest BCUT2D eigenvalue weighted by atomic mass is 9.66. The molecule has 6 atom stereocenters. The number of phenols is 1. The number of aryl methyl sites for hydroxylation is 1. The van der Waals surface area contributed by atoms with Gasteiger partial charge in [-0.25, -0.2) is 0 Å². The first kappa shape index (κ1) is 35.3. The average Bonchev–Trinajstić information content (AvgIpc) is 3.89. The van der Waals surface area contributed by atoms with Gasteiger partial charge in [-0.3, -0.25) is 5.32 Å². The molecule has 5 aliphatic rings. The predicted molar refractivity (Wildman–Crippen MR) is 192 cm³/mol. The molecule has 0 saturated heterocycles. The zero-order valence-electron chi connectivity index (χ0n) is 29.5. The molecule has 1 spiro atoms. The minimum atomic E-state index is -0.361. The highest BCUT2D eigenvalue weighted by molar-refractivity contribution is 6.03. The number of benzene rings is 1. The number of nitrogens with one attached hydrogen (secondary N) is 2. The molecule has 3 saturated carbocycles. The smallest absolute Gasteiger partial charge is 0.196 e. The Bertz CT molecular complexity index is 1320. The van der Waals surface area contributed by atoms with Crippen LogP contribution in [-0.4, -0.2) is 77.4 Å². The number of fused-ring (bicyclic) bond motifs is 3. The summed E-state index contributed by atoms with van der Waals surface area (Å²) in [6, 6.07) is 5.51. The second kappa shape index (κ2) is 16.0. The normalized spacial score (nSPS) is 27.4. The Kier molecular flexibility index (Phi) is 11.8.